The number of pyridine rings is 1. The third-order valence-corrected chi connectivity index (χ3v) is 2.45. The lowest BCUT2D eigenvalue weighted by Gasteiger charge is -2.14. The van der Waals surface area contributed by atoms with E-state index in [0.717, 1.165) is 6.07 Å². The van der Waals surface area contributed by atoms with Crippen LogP contribution in [0.25, 0.3) is 0 Å². The van der Waals surface area contributed by atoms with Gasteiger partial charge in [-0.15, -0.1) is 13.2 Å². The quantitative estimate of drug-likeness (QED) is 0.364. The van der Waals surface area contributed by atoms with Crippen LogP contribution in [0.2, 0.25) is 0 Å². The monoisotopic (exact) mass is 345 g/mol. The van der Waals surface area contributed by atoms with Gasteiger partial charge in [0.15, 0.2) is 11.4 Å². The Labute approximate surface area is 113 Å². The molecule has 0 N–H and O–H groups in total. The third kappa shape index (κ3) is 4.34. The molecule has 0 aliphatic carbocycles. The van der Waals surface area contributed by atoms with Gasteiger partial charge in [-0.1, -0.05) is 15.9 Å². The van der Waals surface area contributed by atoms with Crippen LogP contribution in [0.15, 0.2) is 6.07 Å². The average Bonchev–Trinajstić information content (AvgIpc) is 2.29. The molecule has 0 saturated heterocycles. The van der Waals surface area contributed by atoms with E-state index in [9.17, 15) is 22.4 Å². The minimum Gasteiger partial charge on any atom is -0.461 e. The van der Waals surface area contributed by atoms with Crippen LogP contribution in [0.4, 0.5) is 17.6 Å². The molecule has 0 aliphatic heterocycles. The van der Waals surface area contributed by atoms with E-state index in [0.29, 0.717) is 0 Å². The summed E-state index contributed by atoms with van der Waals surface area (Å²) in [5.41, 5.74) is -1.05. The van der Waals surface area contributed by atoms with Crippen LogP contribution < -0.4 is 4.74 Å². The lowest BCUT2D eigenvalue weighted by atomic mass is 10.2. The second-order valence-corrected chi connectivity index (χ2v) is 3.74. The van der Waals surface area contributed by atoms with Gasteiger partial charge in [0.25, 0.3) is 0 Å². The first-order valence-corrected chi connectivity index (χ1v) is 6.09. The molecule has 0 bridgehead atoms. The molecule has 1 aromatic heterocycles. The lowest BCUT2D eigenvalue weighted by molar-refractivity contribution is -0.275. The van der Waals surface area contributed by atoms with Gasteiger partial charge >= 0.3 is 12.3 Å². The molecular weight excluding hydrogens is 338 g/mol. The summed E-state index contributed by atoms with van der Waals surface area (Å²) >= 11 is 2.88. The van der Waals surface area contributed by atoms with Crippen molar-refractivity contribution in [2.75, 3.05) is 6.61 Å². The summed E-state index contributed by atoms with van der Waals surface area (Å²) in [6, 6.07) is 0.735. The Balaban J connectivity index is 3.33. The van der Waals surface area contributed by atoms with Gasteiger partial charge in [-0.05, 0) is 6.92 Å². The minimum absolute atomic E-state index is 0.0911. The van der Waals surface area contributed by atoms with Crippen molar-refractivity contribution in [2.45, 2.75) is 18.6 Å². The van der Waals surface area contributed by atoms with Crippen LogP contribution in [0.5, 0.6) is 5.75 Å². The van der Waals surface area contributed by atoms with E-state index in [-0.39, 0.29) is 17.5 Å². The van der Waals surface area contributed by atoms with Gasteiger partial charge in [0.1, 0.15) is 0 Å². The first-order chi connectivity index (χ1) is 8.78. The first kappa shape index (κ1) is 15.7. The topological polar surface area (TPSA) is 48.4 Å². The van der Waals surface area contributed by atoms with Crippen LogP contribution in [0, 0.1) is 5.95 Å². The molecule has 0 unspecified atom stereocenters. The minimum atomic E-state index is -5.03. The third-order valence-electron chi connectivity index (χ3n) is 1.85. The van der Waals surface area contributed by atoms with Gasteiger partial charge in [0, 0.05) is 17.0 Å². The normalized spacial score (nSPS) is 11.3. The standard InChI is InChI=1S/C10H8BrF4NO3/c1-2-18-9(17)7-8(19-10(13,14)15)5(4-11)3-6(12)16-7/h3H,2,4H2,1H3. The van der Waals surface area contributed by atoms with E-state index in [1.54, 1.807) is 0 Å². The van der Waals surface area contributed by atoms with Crippen molar-refractivity contribution < 1.29 is 31.8 Å². The van der Waals surface area contributed by atoms with Gasteiger partial charge in [0.05, 0.1) is 6.61 Å². The molecule has 1 heterocycles. The number of nitrogens with zero attached hydrogens (tertiary/aromatic N) is 1. The van der Waals surface area contributed by atoms with Crippen molar-refractivity contribution in [3.05, 3.63) is 23.3 Å². The molecule has 0 fully saturated rings. The van der Waals surface area contributed by atoms with Gasteiger partial charge in [-0.25, -0.2) is 9.78 Å². The average molecular weight is 346 g/mol. The van der Waals surface area contributed by atoms with Crippen molar-refractivity contribution in [1.29, 1.82) is 0 Å². The van der Waals surface area contributed by atoms with E-state index in [1.807, 2.05) is 0 Å². The summed E-state index contributed by atoms with van der Waals surface area (Å²) in [5.74, 6) is -3.17. The molecule has 0 aliphatic rings. The summed E-state index contributed by atoms with van der Waals surface area (Å²) in [6.07, 6.45) is -5.03. The number of ether oxygens (including phenoxy) is 2. The number of aromatic nitrogens is 1. The lowest BCUT2D eigenvalue weighted by Crippen LogP contribution is -2.22. The summed E-state index contributed by atoms with van der Waals surface area (Å²) in [4.78, 5) is 14.6. The number of carbonyl (C=O) groups excluding carboxylic acids is 1. The van der Waals surface area contributed by atoms with Gasteiger partial charge in [0.2, 0.25) is 5.95 Å². The maximum Gasteiger partial charge on any atom is 0.573 e. The van der Waals surface area contributed by atoms with Crippen LogP contribution in [0.1, 0.15) is 23.0 Å². The predicted octanol–water partition coefficient (Wildman–Crippen LogP) is 3.19. The van der Waals surface area contributed by atoms with Crippen molar-refractivity contribution >= 4 is 21.9 Å². The van der Waals surface area contributed by atoms with Crippen molar-refractivity contribution in [3.8, 4) is 5.75 Å². The summed E-state index contributed by atoms with van der Waals surface area (Å²) in [5, 5.41) is -0.149. The fraction of sp³-hybridized carbons (Fsp3) is 0.400. The molecule has 106 valence electrons. The number of halogens is 5. The molecule has 0 aromatic carbocycles. The largest absolute Gasteiger partial charge is 0.573 e. The summed E-state index contributed by atoms with van der Waals surface area (Å²) in [7, 11) is 0. The Morgan fingerprint density at radius 1 is 1.47 bits per heavy atom. The molecule has 0 spiro atoms. The second-order valence-electron chi connectivity index (χ2n) is 3.18. The summed E-state index contributed by atoms with van der Waals surface area (Å²) < 4.78 is 58.2. The number of hydrogen-bond donors (Lipinski definition) is 0. The Morgan fingerprint density at radius 3 is 2.58 bits per heavy atom. The van der Waals surface area contributed by atoms with Crippen molar-refractivity contribution in [1.82, 2.24) is 4.98 Å². The Morgan fingerprint density at radius 2 is 2.11 bits per heavy atom. The summed E-state index contributed by atoms with van der Waals surface area (Å²) in [6.45, 7) is 1.36. The van der Waals surface area contributed by atoms with Crippen molar-refractivity contribution in [3.63, 3.8) is 0 Å². The number of alkyl halides is 4. The van der Waals surface area contributed by atoms with Gasteiger partial charge in [-0.3, -0.25) is 0 Å². The SMILES string of the molecule is CCOC(=O)c1nc(F)cc(CBr)c1OC(F)(F)F. The van der Waals surface area contributed by atoms with Gasteiger partial charge < -0.3 is 9.47 Å². The fourth-order valence-corrected chi connectivity index (χ4v) is 1.63. The molecule has 19 heavy (non-hydrogen) atoms. The highest BCUT2D eigenvalue weighted by Gasteiger charge is 2.35. The number of esters is 1. The zero-order chi connectivity index (χ0) is 14.6. The Kier molecular flexibility index (Phi) is 5.10. The predicted molar refractivity (Wildman–Crippen MR) is 59.5 cm³/mol. The second kappa shape index (κ2) is 6.18. The highest BCUT2D eigenvalue weighted by atomic mass is 79.9. The van der Waals surface area contributed by atoms with Gasteiger partial charge in [-0.2, -0.15) is 4.39 Å². The molecule has 4 nitrogen and oxygen atoms in total. The molecule has 0 amide bonds. The number of carbonyl (C=O) groups is 1. The smallest absolute Gasteiger partial charge is 0.461 e. The maximum atomic E-state index is 13.2. The maximum absolute atomic E-state index is 13.2. The van der Waals surface area contributed by atoms with E-state index >= 15 is 0 Å². The highest BCUT2D eigenvalue weighted by molar-refractivity contribution is 9.08. The first-order valence-electron chi connectivity index (χ1n) is 4.96. The Hall–Kier alpha value is -1.38. The molecule has 1 rings (SSSR count). The Bertz CT molecular complexity index is 479. The fourth-order valence-electron chi connectivity index (χ4n) is 1.22. The molecule has 1 aromatic rings. The van der Waals surface area contributed by atoms with E-state index in [4.69, 9.17) is 0 Å². The van der Waals surface area contributed by atoms with E-state index < -0.39 is 29.7 Å². The number of rotatable bonds is 4. The van der Waals surface area contributed by atoms with E-state index in [1.165, 1.54) is 6.92 Å². The zero-order valence-electron chi connectivity index (χ0n) is 9.55. The van der Waals surface area contributed by atoms with Crippen LogP contribution >= 0.6 is 15.9 Å². The molecule has 0 radical (unpaired) electrons. The molecule has 9 heteroatoms. The molecule has 0 atom stereocenters. The molecule has 0 saturated carbocycles. The van der Waals surface area contributed by atoms with Crippen molar-refractivity contribution in [2.24, 2.45) is 0 Å². The van der Waals surface area contributed by atoms with Crippen LogP contribution in [-0.4, -0.2) is 23.9 Å². The van der Waals surface area contributed by atoms with Crippen LogP contribution in [0.3, 0.4) is 0 Å². The number of hydrogen-bond acceptors (Lipinski definition) is 4. The van der Waals surface area contributed by atoms with Crippen LogP contribution in [-0.2, 0) is 10.1 Å². The molecular formula is C10H8BrF4NO3. The zero-order valence-corrected chi connectivity index (χ0v) is 11.1. The highest BCUT2D eigenvalue weighted by Crippen LogP contribution is 2.31. The van der Waals surface area contributed by atoms with E-state index in [2.05, 4.69) is 30.4 Å².